The molecule has 1 heterocycles. The molecular weight excluding hydrogens is 248 g/mol. The summed E-state index contributed by atoms with van der Waals surface area (Å²) in [6, 6.07) is 5.07. The van der Waals surface area contributed by atoms with Gasteiger partial charge in [-0.25, -0.2) is 0 Å². The van der Waals surface area contributed by atoms with Gasteiger partial charge in [-0.1, -0.05) is 6.07 Å². The SMILES string of the molecule is CN(C)CC(C(=O)O)c1ccc2c(c1)NC(=O)CO2. The van der Waals surface area contributed by atoms with Gasteiger partial charge < -0.3 is 20.1 Å². The fourth-order valence-electron chi connectivity index (χ4n) is 2.01. The first-order chi connectivity index (χ1) is 8.97. The number of anilines is 1. The zero-order valence-corrected chi connectivity index (χ0v) is 10.8. The van der Waals surface area contributed by atoms with Crippen LogP contribution in [0.3, 0.4) is 0 Å². The lowest BCUT2D eigenvalue weighted by Gasteiger charge is -2.22. The van der Waals surface area contributed by atoms with Gasteiger partial charge in [0, 0.05) is 6.54 Å². The highest BCUT2D eigenvalue weighted by Gasteiger charge is 2.23. The summed E-state index contributed by atoms with van der Waals surface area (Å²) in [5.41, 5.74) is 1.17. The van der Waals surface area contributed by atoms with Crippen LogP contribution >= 0.6 is 0 Å². The van der Waals surface area contributed by atoms with Crippen LogP contribution in [-0.4, -0.2) is 49.1 Å². The molecule has 1 unspecified atom stereocenters. The van der Waals surface area contributed by atoms with Crippen LogP contribution in [-0.2, 0) is 9.59 Å². The number of nitrogens with zero attached hydrogens (tertiary/aromatic N) is 1. The van der Waals surface area contributed by atoms with Crippen molar-refractivity contribution in [3.05, 3.63) is 23.8 Å². The van der Waals surface area contributed by atoms with Gasteiger partial charge in [0.1, 0.15) is 5.75 Å². The molecule has 1 amide bonds. The molecule has 6 heteroatoms. The highest BCUT2D eigenvalue weighted by Crippen LogP contribution is 2.31. The van der Waals surface area contributed by atoms with Gasteiger partial charge in [-0.15, -0.1) is 0 Å². The summed E-state index contributed by atoms with van der Waals surface area (Å²) in [6.07, 6.45) is 0. The van der Waals surface area contributed by atoms with E-state index in [1.54, 1.807) is 18.2 Å². The second-order valence-corrected chi connectivity index (χ2v) is 4.75. The Morgan fingerprint density at radius 1 is 1.53 bits per heavy atom. The minimum atomic E-state index is -0.892. The Morgan fingerprint density at radius 3 is 2.89 bits per heavy atom. The van der Waals surface area contributed by atoms with Crippen LogP contribution < -0.4 is 10.1 Å². The maximum absolute atomic E-state index is 11.3. The van der Waals surface area contributed by atoms with E-state index in [2.05, 4.69) is 5.32 Å². The molecule has 2 rings (SSSR count). The molecule has 0 saturated heterocycles. The minimum absolute atomic E-state index is 0.00754. The molecule has 1 aliphatic heterocycles. The van der Waals surface area contributed by atoms with Gasteiger partial charge in [-0.3, -0.25) is 9.59 Å². The normalized spacial score (nSPS) is 15.4. The largest absolute Gasteiger partial charge is 0.482 e. The third-order valence-corrected chi connectivity index (χ3v) is 2.88. The molecule has 19 heavy (non-hydrogen) atoms. The van der Waals surface area contributed by atoms with Crippen LogP contribution in [0.1, 0.15) is 11.5 Å². The molecule has 0 saturated carbocycles. The van der Waals surface area contributed by atoms with Crippen molar-refractivity contribution in [1.29, 1.82) is 0 Å². The van der Waals surface area contributed by atoms with Gasteiger partial charge in [-0.2, -0.15) is 0 Å². The van der Waals surface area contributed by atoms with E-state index in [-0.39, 0.29) is 12.5 Å². The average molecular weight is 264 g/mol. The molecule has 1 atom stereocenters. The van der Waals surface area contributed by atoms with Gasteiger partial charge in [0.25, 0.3) is 5.91 Å². The monoisotopic (exact) mass is 264 g/mol. The molecular formula is C13H16N2O4. The number of amides is 1. The number of hydrogen-bond acceptors (Lipinski definition) is 4. The van der Waals surface area contributed by atoms with Crippen molar-refractivity contribution >= 4 is 17.6 Å². The average Bonchev–Trinajstić information content (AvgIpc) is 2.34. The Balaban J connectivity index is 2.31. The van der Waals surface area contributed by atoms with Crippen molar-refractivity contribution in [3.8, 4) is 5.75 Å². The molecule has 0 radical (unpaired) electrons. The summed E-state index contributed by atoms with van der Waals surface area (Å²) in [5.74, 6) is -1.20. The summed E-state index contributed by atoms with van der Waals surface area (Å²) in [7, 11) is 3.64. The lowest BCUT2D eigenvalue weighted by Crippen LogP contribution is -2.28. The lowest BCUT2D eigenvalue weighted by atomic mass is 9.97. The lowest BCUT2D eigenvalue weighted by molar-refractivity contribution is -0.139. The fourth-order valence-corrected chi connectivity index (χ4v) is 2.01. The zero-order chi connectivity index (χ0) is 14.0. The number of likely N-dealkylation sites (N-methyl/N-ethyl adjacent to an activating group) is 1. The molecule has 0 fully saturated rings. The number of hydrogen-bond donors (Lipinski definition) is 2. The van der Waals surface area contributed by atoms with E-state index in [0.717, 1.165) is 0 Å². The number of fused-ring (bicyclic) bond motifs is 1. The van der Waals surface area contributed by atoms with E-state index in [1.165, 1.54) is 0 Å². The fraction of sp³-hybridized carbons (Fsp3) is 0.385. The Hall–Kier alpha value is -2.08. The predicted octanol–water partition coefficient (Wildman–Crippen LogP) is 0.747. The zero-order valence-electron chi connectivity index (χ0n) is 10.8. The number of carboxylic acid groups (broad SMARTS) is 1. The maximum atomic E-state index is 11.3. The number of carbonyl (C=O) groups is 2. The Morgan fingerprint density at radius 2 is 2.26 bits per heavy atom. The highest BCUT2D eigenvalue weighted by molar-refractivity contribution is 5.95. The number of aliphatic carboxylic acids is 1. The summed E-state index contributed by atoms with van der Waals surface area (Å²) in [4.78, 5) is 24.4. The minimum Gasteiger partial charge on any atom is -0.482 e. The number of nitrogens with one attached hydrogen (secondary N) is 1. The summed E-state index contributed by atoms with van der Waals surface area (Å²) in [6.45, 7) is 0.384. The van der Waals surface area contributed by atoms with E-state index >= 15 is 0 Å². The van der Waals surface area contributed by atoms with E-state index in [0.29, 0.717) is 23.5 Å². The first-order valence-corrected chi connectivity index (χ1v) is 5.91. The van der Waals surface area contributed by atoms with Crippen LogP contribution in [0, 0.1) is 0 Å². The Kier molecular flexibility index (Phi) is 3.71. The molecule has 1 aliphatic rings. The van der Waals surface area contributed by atoms with Crippen molar-refractivity contribution in [2.24, 2.45) is 0 Å². The topological polar surface area (TPSA) is 78.9 Å². The van der Waals surface area contributed by atoms with Gasteiger partial charge in [0.05, 0.1) is 11.6 Å². The third-order valence-electron chi connectivity index (χ3n) is 2.88. The van der Waals surface area contributed by atoms with Crippen LogP contribution in [0.25, 0.3) is 0 Å². The van der Waals surface area contributed by atoms with Gasteiger partial charge >= 0.3 is 5.97 Å². The van der Waals surface area contributed by atoms with Gasteiger partial charge in [0.2, 0.25) is 0 Å². The van der Waals surface area contributed by atoms with E-state index in [9.17, 15) is 14.7 Å². The number of ether oxygens (including phenoxy) is 1. The van der Waals surface area contributed by atoms with Crippen LogP contribution in [0.15, 0.2) is 18.2 Å². The maximum Gasteiger partial charge on any atom is 0.312 e. The third kappa shape index (κ3) is 3.03. The number of benzene rings is 1. The second kappa shape index (κ2) is 5.27. The number of carbonyl (C=O) groups excluding carboxylic acids is 1. The van der Waals surface area contributed by atoms with Crippen LogP contribution in [0.4, 0.5) is 5.69 Å². The van der Waals surface area contributed by atoms with Crippen LogP contribution in [0.5, 0.6) is 5.75 Å². The summed E-state index contributed by atoms with van der Waals surface area (Å²) >= 11 is 0. The standard InChI is InChI=1S/C13H16N2O4/c1-15(2)6-9(13(17)18)8-3-4-11-10(5-8)14-12(16)7-19-11/h3-5,9H,6-7H2,1-2H3,(H,14,16)(H,17,18). The number of rotatable bonds is 4. The molecule has 0 aliphatic carbocycles. The molecule has 102 valence electrons. The van der Waals surface area contributed by atoms with E-state index < -0.39 is 11.9 Å². The number of carboxylic acids is 1. The van der Waals surface area contributed by atoms with Crippen molar-refractivity contribution < 1.29 is 19.4 Å². The quantitative estimate of drug-likeness (QED) is 0.839. The van der Waals surface area contributed by atoms with Crippen molar-refractivity contribution in [1.82, 2.24) is 4.90 Å². The molecule has 0 spiro atoms. The molecule has 0 bridgehead atoms. The molecule has 1 aromatic rings. The van der Waals surface area contributed by atoms with Crippen molar-refractivity contribution in [2.75, 3.05) is 32.6 Å². The molecule has 2 N–H and O–H groups in total. The first kappa shape index (κ1) is 13.4. The summed E-state index contributed by atoms with van der Waals surface area (Å²) in [5, 5.41) is 12.0. The van der Waals surface area contributed by atoms with E-state index in [1.807, 2.05) is 19.0 Å². The summed E-state index contributed by atoms with van der Waals surface area (Å²) < 4.78 is 5.24. The predicted molar refractivity (Wildman–Crippen MR) is 69.5 cm³/mol. The van der Waals surface area contributed by atoms with Crippen LogP contribution in [0.2, 0.25) is 0 Å². The first-order valence-electron chi connectivity index (χ1n) is 5.91. The van der Waals surface area contributed by atoms with Crippen molar-refractivity contribution in [3.63, 3.8) is 0 Å². The highest BCUT2D eigenvalue weighted by atomic mass is 16.5. The molecule has 6 nitrogen and oxygen atoms in total. The van der Waals surface area contributed by atoms with Gasteiger partial charge in [0.15, 0.2) is 6.61 Å². The Labute approximate surface area is 111 Å². The smallest absolute Gasteiger partial charge is 0.312 e. The molecule has 1 aromatic carbocycles. The van der Waals surface area contributed by atoms with Crippen molar-refractivity contribution in [2.45, 2.75) is 5.92 Å². The second-order valence-electron chi connectivity index (χ2n) is 4.75. The Bertz CT molecular complexity index is 513. The van der Waals surface area contributed by atoms with E-state index in [4.69, 9.17) is 4.74 Å². The molecule has 0 aromatic heterocycles. The van der Waals surface area contributed by atoms with Gasteiger partial charge in [-0.05, 0) is 31.8 Å².